The smallest absolute Gasteiger partial charge is 0.125 e. The summed E-state index contributed by atoms with van der Waals surface area (Å²) in [5.41, 5.74) is 24.8. The minimum atomic E-state index is -0.302. The normalized spacial score (nSPS) is 13.3. The van der Waals surface area contributed by atoms with Crippen LogP contribution in [-0.2, 0) is 10.8 Å². The molecule has 304 valence electrons. The maximum atomic E-state index is 14.4. The molecule has 0 saturated heterocycles. The molecule has 2 aliphatic carbocycles. The molecule has 8 aromatic carbocycles. The molecular weight excluding hydrogens is 819 g/mol. The standard InChI is InChI=1S/C28H24FN.C16H15Br.C12H10FN/c1-18-13-26-24(23-11-7-8-12-25(23)28(26,2)3)17-27(18)30-22-15-20(14-21(29)16-22)19-9-5-4-6-10-19;1-10-8-14-12(9-15(10)17)11-6-4-5-7-13(11)16(14,2)3;13-11-6-10(7-12(14)8-11)9-4-2-1-3-5-9/h4-17,30H,1-3H3;4-9H,1-3H3;1-8H,14H2. The van der Waals surface area contributed by atoms with Crippen LogP contribution in [0.15, 0.2) is 174 Å². The number of nitrogen functional groups attached to an aromatic ring is 1. The Kier molecular flexibility index (Phi) is 11.3. The number of fused-ring (bicyclic) bond motifs is 6. The van der Waals surface area contributed by atoms with E-state index in [-0.39, 0.29) is 22.5 Å². The molecule has 0 aromatic heterocycles. The Bertz CT molecular complexity index is 2880. The highest BCUT2D eigenvalue weighted by atomic mass is 79.9. The van der Waals surface area contributed by atoms with E-state index < -0.39 is 0 Å². The van der Waals surface area contributed by atoms with Crippen LogP contribution in [0, 0.1) is 25.5 Å². The lowest BCUT2D eigenvalue weighted by Gasteiger charge is -2.22. The number of halogens is 3. The molecule has 61 heavy (non-hydrogen) atoms. The van der Waals surface area contributed by atoms with Crippen LogP contribution in [-0.4, -0.2) is 0 Å². The van der Waals surface area contributed by atoms with Crippen molar-refractivity contribution in [1.82, 2.24) is 0 Å². The van der Waals surface area contributed by atoms with Gasteiger partial charge >= 0.3 is 0 Å². The van der Waals surface area contributed by atoms with Crippen LogP contribution in [0.25, 0.3) is 44.5 Å². The minimum absolute atomic E-state index is 0.0193. The maximum Gasteiger partial charge on any atom is 0.125 e. The zero-order chi connectivity index (χ0) is 43.1. The highest BCUT2D eigenvalue weighted by molar-refractivity contribution is 9.10. The van der Waals surface area contributed by atoms with E-state index >= 15 is 0 Å². The third-order valence-corrected chi connectivity index (χ3v) is 13.0. The summed E-state index contributed by atoms with van der Waals surface area (Å²) < 4.78 is 28.6. The minimum Gasteiger partial charge on any atom is -0.399 e. The third-order valence-electron chi connectivity index (χ3n) is 12.1. The second kappa shape index (κ2) is 16.6. The van der Waals surface area contributed by atoms with E-state index in [4.69, 9.17) is 5.73 Å². The molecule has 10 rings (SSSR count). The number of aryl methyl sites for hydroxylation is 2. The molecule has 0 bridgehead atoms. The monoisotopic (exact) mass is 866 g/mol. The molecule has 0 amide bonds. The van der Waals surface area contributed by atoms with Crippen molar-refractivity contribution in [2.45, 2.75) is 52.4 Å². The van der Waals surface area contributed by atoms with Gasteiger partial charge in [-0.25, -0.2) is 8.78 Å². The molecule has 0 aliphatic heterocycles. The number of nitrogens with one attached hydrogen (secondary N) is 1. The van der Waals surface area contributed by atoms with Crippen molar-refractivity contribution < 1.29 is 8.78 Å². The topological polar surface area (TPSA) is 38.0 Å². The van der Waals surface area contributed by atoms with Crippen LogP contribution in [0.2, 0.25) is 0 Å². The summed E-state index contributed by atoms with van der Waals surface area (Å²) in [5, 5.41) is 3.47. The first-order valence-corrected chi connectivity index (χ1v) is 21.4. The van der Waals surface area contributed by atoms with E-state index in [9.17, 15) is 8.78 Å². The molecule has 2 aliphatic rings. The predicted octanol–water partition coefficient (Wildman–Crippen LogP) is 16.0. The highest BCUT2D eigenvalue weighted by Crippen LogP contribution is 2.51. The maximum absolute atomic E-state index is 14.4. The van der Waals surface area contributed by atoms with Crippen molar-refractivity contribution in [3.63, 3.8) is 0 Å². The van der Waals surface area contributed by atoms with Crippen molar-refractivity contribution >= 4 is 33.0 Å². The van der Waals surface area contributed by atoms with Gasteiger partial charge in [0.05, 0.1) is 0 Å². The largest absolute Gasteiger partial charge is 0.399 e. The van der Waals surface area contributed by atoms with Crippen LogP contribution >= 0.6 is 15.9 Å². The van der Waals surface area contributed by atoms with Crippen LogP contribution < -0.4 is 11.1 Å². The summed E-state index contributed by atoms with van der Waals surface area (Å²) in [6, 6.07) is 55.6. The fraction of sp³-hybridized carbons (Fsp3) is 0.143. The lowest BCUT2D eigenvalue weighted by molar-refractivity contribution is 0.628. The lowest BCUT2D eigenvalue weighted by Crippen LogP contribution is -2.15. The number of nitrogens with two attached hydrogens (primary N) is 1. The number of benzene rings is 8. The Morgan fingerprint density at radius 3 is 1.44 bits per heavy atom. The second-order valence-corrected chi connectivity index (χ2v) is 17.9. The Balaban J connectivity index is 0.000000140. The Morgan fingerprint density at radius 1 is 0.443 bits per heavy atom. The third kappa shape index (κ3) is 8.28. The molecule has 8 aromatic rings. The van der Waals surface area contributed by atoms with Crippen LogP contribution in [0.4, 0.5) is 25.8 Å². The van der Waals surface area contributed by atoms with Gasteiger partial charge in [0, 0.05) is 32.4 Å². The summed E-state index contributed by atoms with van der Waals surface area (Å²) in [7, 11) is 0. The first-order chi connectivity index (χ1) is 29.2. The molecule has 2 nitrogen and oxygen atoms in total. The van der Waals surface area contributed by atoms with E-state index in [2.05, 4.69) is 136 Å². The van der Waals surface area contributed by atoms with Gasteiger partial charge in [-0.3, -0.25) is 0 Å². The zero-order valence-electron chi connectivity index (χ0n) is 35.4. The summed E-state index contributed by atoms with van der Waals surface area (Å²) in [4.78, 5) is 0. The number of hydrogen-bond acceptors (Lipinski definition) is 2. The van der Waals surface area contributed by atoms with Crippen molar-refractivity contribution in [2.24, 2.45) is 0 Å². The summed E-state index contributed by atoms with van der Waals surface area (Å²) in [6.45, 7) is 13.4. The van der Waals surface area contributed by atoms with E-state index in [1.807, 2.05) is 66.7 Å². The zero-order valence-corrected chi connectivity index (χ0v) is 37.0. The van der Waals surface area contributed by atoms with Crippen molar-refractivity contribution in [3.05, 3.63) is 219 Å². The van der Waals surface area contributed by atoms with Crippen LogP contribution in [0.1, 0.15) is 61.1 Å². The van der Waals surface area contributed by atoms with E-state index in [0.717, 1.165) is 39.2 Å². The molecule has 0 fully saturated rings. The average Bonchev–Trinajstić information content (AvgIpc) is 3.60. The Hall–Kier alpha value is -6.30. The average molecular weight is 868 g/mol. The fourth-order valence-electron chi connectivity index (χ4n) is 8.84. The van der Waals surface area contributed by atoms with Crippen molar-refractivity contribution in [1.29, 1.82) is 0 Å². The number of anilines is 3. The molecule has 5 heteroatoms. The quantitative estimate of drug-likeness (QED) is 0.173. The molecule has 3 N–H and O–H groups in total. The van der Waals surface area contributed by atoms with Gasteiger partial charge in [-0.15, -0.1) is 0 Å². The van der Waals surface area contributed by atoms with Crippen molar-refractivity contribution in [3.8, 4) is 44.5 Å². The van der Waals surface area contributed by atoms with Gasteiger partial charge in [0.1, 0.15) is 11.6 Å². The van der Waals surface area contributed by atoms with Gasteiger partial charge in [-0.1, -0.05) is 165 Å². The molecular formula is C56H49BrF2N2. The molecule has 0 atom stereocenters. The molecule has 0 unspecified atom stereocenters. The molecule has 0 radical (unpaired) electrons. The Morgan fingerprint density at radius 2 is 0.902 bits per heavy atom. The van der Waals surface area contributed by atoms with Crippen LogP contribution in [0.5, 0.6) is 0 Å². The van der Waals surface area contributed by atoms with Gasteiger partial charge in [-0.2, -0.15) is 0 Å². The molecule has 0 heterocycles. The van der Waals surface area contributed by atoms with Gasteiger partial charge < -0.3 is 11.1 Å². The molecule has 0 saturated carbocycles. The van der Waals surface area contributed by atoms with Gasteiger partial charge in [0.2, 0.25) is 0 Å². The first kappa shape index (κ1) is 41.4. The Labute approximate surface area is 367 Å². The SMILES string of the molecule is Cc1cc2c(cc1Br)-c1ccccc1C2(C)C.Cc1cc2c(cc1Nc1cc(F)cc(-c3ccccc3)c1)-c1ccccc1C2(C)C.Nc1cc(F)cc(-c2ccccc2)c1. The summed E-state index contributed by atoms with van der Waals surface area (Å²) in [6.07, 6.45) is 0. The molecule has 0 spiro atoms. The van der Waals surface area contributed by atoms with Gasteiger partial charge in [0.15, 0.2) is 0 Å². The van der Waals surface area contributed by atoms with E-state index in [1.165, 1.54) is 66.7 Å². The van der Waals surface area contributed by atoms with Crippen LogP contribution in [0.3, 0.4) is 0 Å². The summed E-state index contributed by atoms with van der Waals surface area (Å²) >= 11 is 3.64. The first-order valence-electron chi connectivity index (χ1n) is 20.6. The van der Waals surface area contributed by atoms with Crippen molar-refractivity contribution in [2.75, 3.05) is 11.1 Å². The van der Waals surface area contributed by atoms with E-state index in [0.29, 0.717) is 5.69 Å². The predicted molar refractivity (Wildman–Crippen MR) is 257 cm³/mol. The fourth-order valence-corrected chi connectivity index (χ4v) is 9.19. The highest BCUT2D eigenvalue weighted by Gasteiger charge is 2.36. The second-order valence-electron chi connectivity index (χ2n) is 17.1. The number of hydrogen-bond donors (Lipinski definition) is 2. The van der Waals surface area contributed by atoms with Gasteiger partial charge in [0.25, 0.3) is 0 Å². The number of rotatable bonds is 4. The summed E-state index contributed by atoms with van der Waals surface area (Å²) in [5.74, 6) is -0.548. The lowest BCUT2D eigenvalue weighted by atomic mass is 9.82. The van der Waals surface area contributed by atoms with E-state index in [1.54, 1.807) is 18.2 Å². The van der Waals surface area contributed by atoms with Gasteiger partial charge in [-0.05, 0) is 140 Å².